The normalized spacial score (nSPS) is 18.7. The van der Waals surface area contributed by atoms with Crippen molar-refractivity contribution in [2.45, 2.75) is 18.5 Å². The van der Waals surface area contributed by atoms with Crippen molar-refractivity contribution in [1.82, 2.24) is 9.80 Å². The summed E-state index contributed by atoms with van der Waals surface area (Å²) in [5.41, 5.74) is 2.17. The Morgan fingerprint density at radius 3 is 2.19 bits per heavy atom. The lowest BCUT2D eigenvalue weighted by Crippen LogP contribution is -2.43. The van der Waals surface area contributed by atoms with E-state index in [9.17, 15) is 13.6 Å². The monoisotopic (exact) mass is 422 g/mol. The maximum absolute atomic E-state index is 13.5. The Morgan fingerprint density at radius 2 is 1.55 bits per heavy atom. The topological polar surface area (TPSA) is 32.8 Å². The van der Waals surface area contributed by atoms with Crippen LogP contribution in [0.4, 0.5) is 13.6 Å². The van der Waals surface area contributed by atoms with Gasteiger partial charge >= 0.3 is 6.09 Å². The second-order valence-corrected chi connectivity index (χ2v) is 7.84. The van der Waals surface area contributed by atoms with E-state index in [0.717, 1.165) is 18.7 Å². The molecule has 2 atom stereocenters. The quantitative estimate of drug-likeness (QED) is 0.576. The summed E-state index contributed by atoms with van der Waals surface area (Å²) in [6.07, 6.45) is -0.509. The molecule has 0 aliphatic carbocycles. The zero-order chi connectivity index (χ0) is 21.8. The van der Waals surface area contributed by atoms with Crippen LogP contribution in [0.5, 0.6) is 5.75 Å². The molecule has 3 aromatic rings. The maximum Gasteiger partial charge on any atom is 0.415 e. The first-order valence-electron chi connectivity index (χ1n) is 10.2. The Labute approximate surface area is 180 Å². The summed E-state index contributed by atoms with van der Waals surface area (Å²) in [6.45, 7) is 2.15. The molecule has 6 heteroatoms. The molecule has 31 heavy (non-hydrogen) atoms. The number of benzene rings is 3. The number of nitrogens with zero attached hydrogens (tertiary/aromatic N) is 2. The number of halogens is 2. The standard InChI is InChI=1S/C25H24F2N2O2/c1-28(25(30)31-22-13-11-21(27)12-14-22)24-17-29(15-18-5-3-2-4-6-18)16-23(24)19-7-9-20(26)10-8-19/h2-14,23-24H,15-17H2,1H3/t23-,24+/m0/s1. The summed E-state index contributed by atoms with van der Waals surface area (Å²) in [6, 6.07) is 21.8. The van der Waals surface area contributed by atoms with Crippen LogP contribution in [-0.2, 0) is 6.54 Å². The molecule has 4 rings (SSSR count). The van der Waals surface area contributed by atoms with E-state index in [1.807, 2.05) is 18.2 Å². The minimum Gasteiger partial charge on any atom is -0.410 e. The number of likely N-dealkylation sites (tertiary alicyclic amines) is 1. The fourth-order valence-corrected chi connectivity index (χ4v) is 4.08. The van der Waals surface area contributed by atoms with Crippen molar-refractivity contribution in [3.8, 4) is 5.75 Å². The van der Waals surface area contributed by atoms with Crippen LogP contribution in [-0.4, -0.2) is 42.1 Å². The summed E-state index contributed by atoms with van der Waals surface area (Å²) in [5, 5.41) is 0. The molecule has 0 unspecified atom stereocenters. The maximum atomic E-state index is 13.5. The van der Waals surface area contributed by atoms with Crippen molar-refractivity contribution >= 4 is 6.09 Å². The predicted molar refractivity (Wildman–Crippen MR) is 115 cm³/mol. The number of hydrogen-bond donors (Lipinski definition) is 0. The zero-order valence-corrected chi connectivity index (χ0v) is 17.2. The van der Waals surface area contributed by atoms with E-state index in [0.29, 0.717) is 6.54 Å². The van der Waals surface area contributed by atoms with E-state index >= 15 is 0 Å². The number of rotatable bonds is 5. The van der Waals surface area contributed by atoms with Crippen LogP contribution in [0.25, 0.3) is 0 Å². The zero-order valence-electron chi connectivity index (χ0n) is 17.2. The average molecular weight is 422 g/mol. The number of likely N-dealkylation sites (N-methyl/N-ethyl adjacent to an activating group) is 1. The predicted octanol–water partition coefficient (Wildman–Crippen LogP) is 5.06. The van der Waals surface area contributed by atoms with Crippen molar-refractivity contribution in [2.75, 3.05) is 20.1 Å². The van der Waals surface area contributed by atoms with E-state index in [2.05, 4.69) is 17.0 Å². The van der Waals surface area contributed by atoms with Crippen molar-refractivity contribution in [1.29, 1.82) is 0 Å². The first-order chi connectivity index (χ1) is 15.0. The molecule has 1 aliphatic heterocycles. The van der Waals surface area contributed by atoms with Gasteiger partial charge in [0.25, 0.3) is 0 Å². The first kappa shape index (κ1) is 21.0. The van der Waals surface area contributed by atoms with Crippen LogP contribution < -0.4 is 4.74 Å². The number of hydrogen-bond acceptors (Lipinski definition) is 3. The summed E-state index contributed by atoms with van der Waals surface area (Å²) >= 11 is 0. The smallest absolute Gasteiger partial charge is 0.410 e. The molecular formula is C25H24F2N2O2. The molecule has 0 radical (unpaired) electrons. The van der Waals surface area contributed by atoms with Gasteiger partial charge in [-0.15, -0.1) is 0 Å². The van der Waals surface area contributed by atoms with Gasteiger partial charge in [-0.1, -0.05) is 42.5 Å². The van der Waals surface area contributed by atoms with Gasteiger partial charge in [-0.3, -0.25) is 4.90 Å². The third-order valence-electron chi connectivity index (χ3n) is 5.72. The minimum absolute atomic E-state index is 0.00933. The van der Waals surface area contributed by atoms with Crippen LogP contribution in [0.1, 0.15) is 17.0 Å². The first-order valence-corrected chi connectivity index (χ1v) is 10.2. The third kappa shape index (κ3) is 5.09. The molecule has 0 aromatic heterocycles. The van der Waals surface area contributed by atoms with Gasteiger partial charge in [0, 0.05) is 32.6 Å². The van der Waals surface area contributed by atoms with Gasteiger partial charge in [0.1, 0.15) is 17.4 Å². The van der Waals surface area contributed by atoms with Gasteiger partial charge in [-0.2, -0.15) is 0 Å². The lowest BCUT2D eigenvalue weighted by molar-refractivity contribution is 0.142. The minimum atomic E-state index is -0.509. The van der Waals surface area contributed by atoms with E-state index < -0.39 is 11.9 Å². The van der Waals surface area contributed by atoms with Gasteiger partial charge in [0.15, 0.2) is 0 Å². The third-order valence-corrected chi connectivity index (χ3v) is 5.72. The Bertz CT molecular complexity index is 1010. The summed E-state index contributed by atoms with van der Waals surface area (Å²) in [5.74, 6) is -0.383. The van der Waals surface area contributed by atoms with Crippen molar-refractivity contribution in [3.63, 3.8) is 0 Å². The Balaban J connectivity index is 1.53. The highest BCUT2D eigenvalue weighted by Crippen LogP contribution is 2.32. The van der Waals surface area contributed by atoms with Crippen molar-refractivity contribution in [2.24, 2.45) is 0 Å². The molecule has 0 saturated carbocycles. The summed E-state index contributed by atoms with van der Waals surface area (Å²) < 4.78 is 32.0. The van der Waals surface area contributed by atoms with Gasteiger partial charge in [-0.25, -0.2) is 13.6 Å². The fourth-order valence-electron chi connectivity index (χ4n) is 4.08. The molecule has 0 N–H and O–H groups in total. The Kier molecular flexibility index (Phi) is 6.28. The highest BCUT2D eigenvalue weighted by atomic mass is 19.1. The van der Waals surface area contributed by atoms with E-state index in [-0.39, 0.29) is 23.5 Å². The second-order valence-electron chi connectivity index (χ2n) is 7.84. The van der Waals surface area contributed by atoms with Crippen LogP contribution in [0.15, 0.2) is 78.9 Å². The Morgan fingerprint density at radius 1 is 0.935 bits per heavy atom. The molecular weight excluding hydrogens is 398 g/mol. The fraction of sp³-hybridized carbons (Fsp3) is 0.240. The van der Waals surface area contributed by atoms with Crippen LogP contribution in [0.3, 0.4) is 0 Å². The van der Waals surface area contributed by atoms with E-state index in [1.54, 1.807) is 24.1 Å². The molecule has 3 aromatic carbocycles. The van der Waals surface area contributed by atoms with Crippen molar-refractivity contribution < 1.29 is 18.3 Å². The van der Waals surface area contributed by atoms with Gasteiger partial charge in [0.2, 0.25) is 0 Å². The molecule has 1 heterocycles. The summed E-state index contributed by atoms with van der Waals surface area (Å²) in [4.78, 5) is 16.7. The Hall–Kier alpha value is -3.25. The number of carbonyl (C=O) groups is 1. The second kappa shape index (κ2) is 9.27. The van der Waals surface area contributed by atoms with Gasteiger partial charge < -0.3 is 9.64 Å². The van der Waals surface area contributed by atoms with Crippen LogP contribution in [0, 0.1) is 11.6 Å². The molecule has 0 bridgehead atoms. The number of ether oxygens (including phenoxy) is 1. The number of amides is 1. The van der Waals surface area contributed by atoms with Crippen LogP contribution in [0.2, 0.25) is 0 Å². The highest BCUT2D eigenvalue weighted by molar-refractivity contribution is 5.71. The molecule has 4 nitrogen and oxygen atoms in total. The summed E-state index contributed by atoms with van der Waals surface area (Å²) in [7, 11) is 1.71. The van der Waals surface area contributed by atoms with Crippen molar-refractivity contribution in [3.05, 3.63) is 102 Å². The van der Waals surface area contributed by atoms with Gasteiger partial charge in [-0.05, 0) is 47.5 Å². The van der Waals surface area contributed by atoms with Crippen LogP contribution >= 0.6 is 0 Å². The molecule has 1 saturated heterocycles. The van der Waals surface area contributed by atoms with E-state index in [1.165, 1.54) is 42.0 Å². The molecule has 1 amide bonds. The average Bonchev–Trinajstić information content (AvgIpc) is 3.19. The van der Waals surface area contributed by atoms with E-state index in [4.69, 9.17) is 4.74 Å². The molecule has 0 spiro atoms. The lowest BCUT2D eigenvalue weighted by atomic mass is 9.93. The van der Waals surface area contributed by atoms with Gasteiger partial charge in [0.05, 0.1) is 6.04 Å². The SMILES string of the molecule is CN(C(=O)Oc1ccc(F)cc1)[C@@H]1CN(Cc2ccccc2)C[C@H]1c1ccc(F)cc1. The largest absolute Gasteiger partial charge is 0.415 e. The number of carbonyl (C=O) groups excluding carboxylic acids is 1. The molecule has 160 valence electrons. The highest BCUT2D eigenvalue weighted by Gasteiger charge is 2.38. The molecule has 1 aliphatic rings. The lowest BCUT2D eigenvalue weighted by Gasteiger charge is -2.28. The molecule has 1 fully saturated rings.